The number of nitrogens with one attached hydrogen (secondary N) is 1. The van der Waals surface area contributed by atoms with E-state index in [4.69, 9.17) is 12.2 Å². The predicted molar refractivity (Wildman–Crippen MR) is 133 cm³/mol. The van der Waals surface area contributed by atoms with E-state index in [0.29, 0.717) is 22.2 Å². The highest BCUT2D eigenvalue weighted by Gasteiger charge is 2.31. The van der Waals surface area contributed by atoms with Gasteiger partial charge in [-0.1, -0.05) is 66.8 Å². The number of hydrogen-bond acceptors (Lipinski definition) is 4. The van der Waals surface area contributed by atoms with E-state index in [0.717, 1.165) is 34.1 Å². The molecular weight excluding hydrogens is 515 g/mol. The fourth-order valence-corrected chi connectivity index (χ4v) is 4.77. The molecule has 1 aliphatic rings. The summed E-state index contributed by atoms with van der Waals surface area (Å²) in [4.78, 5) is 27.0. The van der Waals surface area contributed by atoms with Crippen molar-refractivity contribution in [3.05, 3.63) is 68.6 Å². The monoisotopic (exact) mass is 536 g/mol. The van der Waals surface area contributed by atoms with Gasteiger partial charge in [-0.2, -0.15) is 0 Å². The molecule has 1 saturated heterocycles. The number of thioether (sulfide) groups is 1. The zero-order valence-corrected chi connectivity index (χ0v) is 19.6. The second-order valence-electron chi connectivity index (χ2n) is 6.61. The number of thiocarbonyl (C=S) groups is 1. The van der Waals surface area contributed by atoms with E-state index >= 15 is 0 Å². The highest BCUT2D eigenvalue weighted by Crippen LogP contribution is 2.32. The third kappa shape index (κ3) is 6.65. The van der Waals surface area contributed by atoms with Gasteiger partial charge in [-0.05, 0) is 65.3 Å². The van der Waals surface area contributed by atoms with Gasteiger partial charge in [0.15, 0.2) is 0 Å². The van der Waals surface area contributed by atoms with Crippen LogP contribution in [0.25, 0.3) is 6.08 Å². The normalized spacial score (nSPS) is 15.2. The van der Waals surface area contributed by atoms with Gasteiger partial charge in [-0.3, -0.25) is 14.5 Å². The molecule has 0 aliphatic carbocycles. The van der Waals surface area contributed by atoms with Crippen LogP contribution >= 0.6 is 46.6 Å². The maximum absolute atomic E-state index is 12.6. The van der Waals surface area contributed by atoms with Crippen LogP contribution < -0.4 is 5.32 Å². The van der Waals surface area contributed by atoms with E-state index in [1.54, 1.807) is 4.90 Å². The quantitative estimate of drug-likeness (QED) is 0.204. The summed E-state index contributed by atoms with van der Waals surface area (Å²) < 4.78 is 1.69. The van der Waals surface area contributed by atoms with Gasteiger partial charge in [0.25, 0.3) is 5.91 Å². The molecule has 0 saturated carbocycles. The highest BCUT2D eigenvalue weighted by atomic mass is 127. The molecule has 0 aromatic heterocycles. The van der Waals surface area contributed by atoms with Crippen molar-refractivity contribution in [2.75, 3.05) is 11.9 Å². The number of anilines is 1. The van der Waals surface area contributed by atoms with E-state index in [1.807, 2.05) is 60.7 Å². The average Bonchev–Trinajstić information content (AvgIpc) is 2.95. The highest BCUT2D eigenvalue weighted by molar-refractivity contribution is 14.1. The van der Waals surface area contributed by atoms with Crippen molar-refractivity contribution in [3.8, 4) is 0 Å². The maximum atomic E-state index is 12.6. The minimum atomic E-state index is -0.0275. The van der Waals surface area contributed by atoms with Gasteiger partial charge >= 0.3 is 0 Å². The van der Waals surface area contributed by atoms with Crippen LogP contribution in [0.5, 0.6) is 0 Å². The van der Waals surface area contributed by atoms with Crippen molar-refractivity contribution in [1.82, 2.24) is 4.90 Å². The van der Waals surface area contributed by atoms with Crippen LogP contribution in [0.2, 0.25) is 0 Å². The van der Waals surface area contributed by atoms with Gasteiger partial charge in [0.1, 0.15) is 4.32 Å². The molecule has 2 aromatic rings. The van der Waals surface area contributed by atoms with E-state index in [9.17, 15) is 9.59 Å². The standard InChI is InChI=1S/C22H21IN2O2S2/c23-17-10-7-11-18(15-17)24-20(26)12-5-2-6-13-25-21(27)19(29-22(25)28)14-16-8-3-1-4-9-16/h1,3-4,7-11,14-15H,2,5-6,12-13H2,(H,24,26). The molecule has 1 fully saturated rings. The SMILES string of the molecule is O=C(CCCCCN1C(=O)C(=Cc2ccccc2)SC1=S)Nc1cccc(I)c1. The minimum absolute atomic E-state index is 0.0170. The third-order valence-electron chi connectivity index (χ3n) is 4.36. The summed E-state index contributed by atoms with van der Waals surface area (Å²) in [6.45, 7) is 0.593. The summed E-state index contributed by atoms with van der Waals surface area (Å²) in [7, 11) is 0. The van der Waals surface area contributed by atoms with Crippen molar-refractivity contribution >= 4 is 74.5 Å². The van der Waals surface area contributed by atoms with Crippen molar-refractivity contribution in [1.29, 1.82) is 0 Å². The Balaban J connectivity index is 1.40. The second-order valence-corrected chi connectivity index (χ2v) is 9.53. The minimum Gasteiger partial charge on any atom is -0.326 e. The van der Waals surface area contributed by atoms with Crippen molar-refractivity contribution < 1.29 is 9.59 Å². The van der Waals surface area contributed by atoms with Crippen molar-refractivity contribution in [3.63, 3.8) is 0 Å². The summed E-state index contributed by atoms with van der Waals surface area (Å²) in [6, 6.07) is 17.5. The molecule has 1 N–H and O–H groups in total. The summed E-state index contributed by atoms with van der Waals surface area (Å²) >= 11 is 8.95. The topological polar surface area (TPSA) is 49.4 Å². The lowest BCUT2D eigenvalue weighted by Crippen LogP contribution is -2.29. The number of rotatable bonds is 8. The van der Waals surface area contributed by atoms with Crippen LogP contribution in [-0.4, -0.2) is 27.6 Å². The van der Waals surface area contributed by atoms with E-state index in [2.05, 4.69) is 27.9 Å². The molecule has 3 rings (SSSR count). The molecule has 29 heavy (non-hydrogen) atoms. The van der Waals surface area contributed by atoms with Crippen molar-refractivity contribution in [2.24, 2.45) is 0 Å². The van der Waals surface area contributed by atoms with Crippen LogP contribution in [0, 0.1) is 3.57 Å². The van der Waals surface area contributed by atoms with E-state index in [-0.39, 0.29) is 11.8 Å². The molecule has 4 nitrogen and oxygen atoms in total. The molecule has 1 heterocycles. The van der Waals surface area contributed by atoms with Crippen LogP contribution in [0.4, 0.5) is 5.69 Å². The molecule has 0 radical (unpaired) electrons. The molecule has 0 atom stereocenters. The van der Waals surface area contributed by atoms with Crippen molar-refractivity contribution in [2.45, 2.75) is 25.7 Å². The first-order valence-corrected chi connectivity index (χ1v) is 11.7. The number of halogens is 1. The molecule has 0 bridgehead atoms. The van der Waals surface area contributed by atoms with Gasteiger partial charge < -0.3 is 5.32 Å². The first-order chi connectivity index (χ1) is 14.0. The molecular formula is C22H21IN2O2S2. The van der Waals surface area contributed by atoms with Gasteiger partial charge in [-0.25, -0.2) is 0 Å². The number of carbonyl (C=O) groups is 2. The Morgan fingerprint density at radius 1 is 1.10 bits per heavy atom. The molecule has 0 unspecified atom stereocenters. The van der Waals surface area contributed by atoms with E-state index in [1.165, 1.54) is 11.8 Å². The molecule has 150 valence electrons. The fourth-order valence-electron chi connectivity index (χ4n) is 2.92. The Bertz CT molecular complexity index is 931. The molecule has 7 heteroatoms. The first kappa shape index (κ1) is 22.0. The zero-order chi connectivity index (χ0) is 20.6. The van der Waals surface area contributed by atoms with Gasteiger partial charge in [0.2, 0.25) is 5.91 Å². The Kier molecular flexibility index (Phi) is 8.26. The number of nitrogens with zero attached hydrogens (tertiary/aromatic N) is 1. The van der Waals surface area contributed by atoms with E-state index < -0.39 is 0 Å². The number of hydrogen-bond donors (Lipinski definition) is 1. The van der Waals surface area contributed by atoms with Crippen LogP contribution in [-0.2, 0) is 9.59 Å². The number of unbranched alkanes of at least 4 members (excludes halogenated alkanes) is 2. The smallest absolute Gasteiger partial charge is 0.266 e. The predicted octanol–water partition coefficient (Wildman–Crippen LogP) is 5.69. The Morgan fingerprint density at radius 3 is 2.66 bits per heavy atom. The summed E-state index contributed by atoms with van der Waals surface area (Å²) in [5.41, 5.74) is 1.82. The molecule has 1 aliphatic heterocycles. The fraction of sp³-hybridized carbons (Fsp3) is 0.227. The largest absolute Gasteiger partial charge is 0.326 e. The number of amides is 2. The summed E-state index contributed by atoms with van der Waals surface area (Å²) in [5.74, 6) is -0.0105. The lowest BCUT2D eigenvalue weighted by atomic mass is 10.1. The number of carbonyl (C=O) groups excluding carboxylic acids is 2. The average molecular weight is 536 g/mol. The van der Waals surface area contributed by atoms with Crippen LogP contribution in [0.15, 0.2) is 59.5 Å². The molecule has 2 aromatic carbocycles. The first-order valence-electron chi connectivity index (χ1n) is 9.39. The second kappa shape index (κ2) is 10.9. The molecule has 0 spiro atoms. The summed E-state index contributed by atoms with van der Waals surface area (Å²) in [6.07, 6.45) is 4.83. The Morgan fingerprint density at radius 2 is 1.90 bits per heavy atom. The zero-order valence-electron chi connectivity index (χ0n) is 15.8. The van der Waals surface area contributed by atoms with Crippen LogP contribution in [0.1, 0.15) is 31.2 Å². The third-order valence-corrected chi connectivity index (χ3v) is 6.41. The summed E-state index contributed by atoms with van der Waals surface area (Å²) in [5, 5.41) is 2.92. The van der Waals surface area contributed by atoms with Gasteiger partial charge in [-0.15, -0.1) is 0 Å². The van der Waals surface area contributed by atoms with Gasteiger partial charge in [0, 0.05) is 22.2 Å². The molecule has 2 amide bonds. The Labute approximate surface area is 194 Å². The lowest BCUT2D eigenvalue weighted by Gasteiger charge is -2.14. The maximum Gasteiger partial charge on any atom is 0.266 e. The lowest BCUT2D eigenvalue weighted by molar-refractivity contribution is -0.122. The number of benzene rings is 2. The Hall–Kier alpha value is -1.71. The van der Waals surface area contributed by atoms with Gasteiger partial charge in [0.05, 0.1) is 4.91 Å². The van der Waals surface area contributed by atoms with Crippen LogP contribution in [0.3, 0.4) is 0 Å².